The molecule has 0 saturated heterocycles. The molecule has 0 fully saturated rings. The molecule has 0 spiro atoms. The molecule has 0 radical (unpaired) electrons. The van der Waals surface area contributed by atoms with Gasteiger partial charge in [-0.2, -0.15) is 0 Å². The van der Waals surface area contributed by atoms with Crippen LogP contribution >= 0.6 is 11.3 Å². The van der Waals surface area contributed by atoms with Crippen molar-refractivity contribution in [2.75, 3.05) is 5.32 Å². The van der Waals surface area contributed by atoms with E-state index in [0.29, 0.717) is 29.1 Å². The summed E-state index contributed by atoms with van der Waals surface area (Å²) < 4.78 is 5.07. The van der Waals surface area contributed by atoms with Gasteiger partial charge in [0.05, 0.1) is 11.2 Å². The lowest BCUT2D eigenvalue weighted by Gasteiger charge is -2.02. The van der Waals surface area contributed by atoms with E-state index in [0.717, 1.165) is 16.8 Å². The number of carbonyl (C=O) groups is 1. The Morgan fingerprint density at radius 1 is 1.19 bits per heavy atom. The molecule has 0 aliphatic carbocycles. The number of aromatic nitrogens is 2. The molecule has 2 heterocycles. The highest BCUT2D eigenvalue weighted by Gasteiger charge is 2.10. The van der Waals surface area contributed by atoms with Crippen molar-refractivity contribution < 1.29 is 9.21 Å². The second-order valence-electron chi connectivity index (χ2n) is 5.80. The molecule has 2 N–H and O–H groups in total. The van der Waals surface area contributed by atoms with Gasteiger partial charge in [0, 0.05) is 17.4 Å². The highest BCUT2D eigenvalue weighted by atomic mass is 32.1. The number of amides is 1. The Hall–Kier alpha value is -3.19. The van der Waals surface area contributed by atoms with E-state index in [-0.39, 0.29) is 5.91 Å². The number of rotatable bonds is 5. The van der Waals surface area contributed by atoms with Crippen LogP contribution in [0.4, 0.5) is 5.13 Å². The van der Waals surface area contributed by atoms with E-state index in [4.69, 9.17) is 4.42 Å². The van der Waals surface area contributed by atoms with Gasteiger partial charge in [-0.05, 0) is 24.1 Å². The van der Waals surface area contributed by atoms with Crippen LogP contribution in [0.25, 0.3) is 22.4 Å². The van der Waals surface area contributed by atoms with Gasteiger partial charge < -0.3 is 9.73 Å². The van der Waals surface area contributed by atoms with Crippen molar-refractivity contribution in [3.05, 3.63) is 70.0 Å². The minimum absolute atomic E-state index is 0.0677. The number of hydrogen-bond donors (Lipinski definition) is 2. The third kappa shape index (κ3) is 3.57. The molecule has 6 nitrogen and oxygen atoms in total. The molecule has 0 aliphatic heterocycles. The van der Waals surface area contributed by atoms with E-state index in [2.05, 4.69) is 15.3 Å². The summed E-state index contributed by atoms with van der Waals surface area (Å²) in [6, 6.07) is 15.3. The molecular formula is C19H15N3O3S. The largest absolute Gasteiger partial charge is 0.417 e. The molecule has 4 rings (SSSR count). The van der Waals surface area contributed by atoms with Crippen LogP contribution in [0, 0.1) is 0 Å². The Morgan fingerprint density at radius 3 is 2.88 bits per heavy atom. The van der Waals surface area contributed by atoms with Gasteiger partial charge in [0.1, 0.15) is 0 Å². The van der Waals surface area contributed by atoms with Gasteiger partial charge in [-0.25, -0.2) is 9.78 Å². The molecule has 2 aromatic carbocycles. The van der Waals surface area contributed by atoms with Crippen LogP contribution in [0.2, 0.25) is 0 Å². The van der Waals surface area contributed by atoms with Gasteiger partial charge in [0.25, 0.3) is 0 Å². The number of oxazole rings is 1. The van der Waals surface area contributed by atoms with Gasteiger partial charge in [0.15, 0.2) is 10.7 Å². The summed E-state index contributed by atoms with van der Waals surface area (Å²) in [5, 5.41) is 5.24. The van der Waals surface area contributed by atoms with Gasteiger partial charge in [0.2, 0.25) is 5.91 Å². The molecule has 0 unspecified atom stereocenters. The normalized spacial score (nSPS) is 10.9. The lowest BCUT2D eigenvalue weighted by atomic mass is 10.1. The summed E-state index contributed by atoms with van der Waals surface area (Å²) in [6.07, 6.45) is 1.09. The number of carbonyl (C=O) groups excluding carboxylic acids is 1. The zero-order valence-corrected chi connectivity index (χ0v) is 14.5. The van der Waals surface area contributed by atoms with Crippen molar-refractivity contribution in [1.82, 2.24) is 9.97 Å². The van der Waals surface area contributed by atoms with E-state index in [1.807, 2.05) is 41.8 Å². The smallest absolute Gasteiger partial charge is 0.408 e. The minimum atomic E-state index is -0.484. The monoisotopic (exact) mass is 365 g/mol. The maximum Gasteiger partial charge on any atom is 0.417 e. The number of nitrogens with one attached hydrogen (secondary N) is 2. The maximum absolute atomic E-state index is 12.1. The van der Waals surface area contributed by atoms with Crippen molar-refractivity contribution in [1.29, 1.82) is 0 Å². The molecule has 0 bridgehead atoms. The second-order valence-corrected chi connectivity index (χ2v) is 6.66. The Kier molecular flexibility index (Phi) is 4.37. The lowest BCUT2D eigenvalue weighted by molar-refractivity contribution is -0.116. The van der Waals surface area contributed by atoms with Crippen LogP contribution < -0.4 is 11.1 Å². The highest BCUT2D eigenvalue weighted by Crippen LogP contribution is 2.27. The van der Waals surface area contributed by atoms with Gasteiger partial charge in [-0.15, -0.1) is 11.3 Å². The van der Waals surface area contributed by atoms with Crippen LogP contribution in [0.5, 0.6) is 0 Å². The van der Waals surface area contributed by atoms with E-state index < -0.39 is 5.76 Å². The van der Waals surface area contributed by atoms with Crippen LogP contribution in [0.3, 0.4) is 0 Å². The van der Waals surface area contributed by atoms with Crippen LogP contribution in [-0.2, 0) is 11.2 Å². The fraction of sp³-hybridized carbons (Fsp3) is 0.105. The molecular weight excluding hydrogens is 350 g/mol. The number of anilines is 1. The fourth-order valence-electron chi connectivity index (χ4n) is 2.65. The number of H-pyrrole nitrogens is 1. The maximum atomic E-state index is 12.1. The molecule has 2 aromatic heterocycles. The molecule has 7 heteroatoms. The third-order valence-electron chi connectivity index (χ3n) is 3.95. The summed E-state index contributed by atoms with van der Waals surface area (Å²) in [7, 11) is 0. The zero-order valence-electron chi connectivity index (χ0n) is 13.7. The van der Waals surface area contributed by atoms with E-state index >= 15 is 0 Å². The van der Waals surface area contributed by atoms with Gasteiger partial charge in [-0.1, -0.05) is 36.4 Å². The van der Waals surface area contributed by atoms with Crippen LogP contribution in [0.15, 0.2) is 63.1 Å². The van der Waals surface area contributed by atoms with E-state index in [9.17, 15) is 9.59 Å². The Labute approximate surface area is 152 Å². The average molecular weight is 365 g/mol. The quantitative estimate of drug-likeness (QED) is 0.563. The highest BCUT2D eigenvalue weighted by molar-refractivity contribution is 7.14. The lowest BCUT2D eigenvalue weighted by Crippen LogP contribution is -2.12. The van der Waals surface area contributed by atoms with Crippen molar-refractivity contribution in [2.24, 2.45) is 0 Å². The molecule has 0 atom stereocenters. The van der Waals surface area contributed by atoms with Crippen molar-refractivity contribution in [3.8, 4) is 11.3 Å². The number of nitrogens with zero attached hydrogens (tertiary/aromatic N) is 1. The van der Waals surface area contributed by atoms with Crippen LogP contribution in [-0.4, -0.2) is 15.9 Å². The first-order chi connectivity index (χ1) is 12.7. The van der Waals surface area contributed by atoms with Crippen LogP contribution in [0.1, 0.15) is 12.0 Å². The minimum Gasteiger partial charge on any atom is -0.408 e. The number of hydrogen-bond acceptors (Lipinski definition) is 5. The number of fused-ring (bicyclic) bond motifs is 1. The molecule has 1 amide bonds. The molecule has 4 aromatic rings. The Morgan fingerprint density at radius 2 is 2.04 bits per heavy atom. The summed E-state index contributed by atoms with van der Waals surface area (Å²) in [6.45, 7) is 0. The number of benzene rings is 2. The van der Waals surface area contributed by atoms with E-state index in [1.165, 1.54) is 11.3 Å². The Bertz CT molecular complexity index is 1110. The van der Waals surface area contributed by atoms with Gasteiger partial charge in [-0.3, -0.25) is 9.78 Å². The summed E-state index contributed by atoms with van der Waals surface area (Å²) in [4.78, 5) is 30.4. The van der Waals surface area contributed by atoms with E-state index in [1.54, 1.807) is 12.1 Å². The summed E-state index contributed by atoms with van der Waals surface area (Å²) in [5.41, 5.74) is 3.79. The topological polar surface area (TPSA) is 88.0 Å². The first-order valence-corrected chi connectivity index (χ1v) is 8.98. The molecule has 26 heavy (non-hydrogen) atoms. The van der Waals surface area contributed by atoms with Crippen molar-refractivity contribution >= 4 is 33.5 Å². The third-order valence-corrected chi connectivity index (χ3v) is 4.71. The zero-order chi connectivity index (χ0) is 17.9. The summed E-state index contributed by atoms with van der Waals surface area (Å²) in [5.74, 6) is -0.552. The summed E-state index contributed by atoms with van der Waals surface area (Å²) >= 11 is 1.36. The number of thiazole rings is 1. The molecule has 130 valence electrons. The Balaban J connectivity index is 1.43. The standard InChI is InChI=1S/C19H15N3O3S/c23-17(9-6-12-4-2-1-3-5-12)22-18-20-15(11-26-18)13-7-8-14-16(10-13)25-19(24)21-14/h1-5,7-8,10-11H,6,9H2,(H,21,24)(H,20,22,23). The average Bonchev–Trinajstić information content (AvgIpc) is 3.25. The fourth-order valence-corrected chi connectivity index (χ4v) is 3.39. The first-order valence-electron chi connectivity index (χ1n) is 8.10. The second kappa shape index (κ2) is 6.97. The molecule has 0 aliphatic rings. The van der Waals surface area contributed by atoms with Gasteiger partial charge >= 0.3 is 5.76 Å². The number of aromatic amines is 1. The predicted molar refractivity (Wildman–Crippen MR) is 101 cm³/mol. The predicted octanol–water partition coefficient (Wildman–Crippen LogP) is 3.82. The van der Waals surface area contributed by atoms with Crippen molar-refractivity contribution in [3.63, 3.8) is 0 Å². The molecule has 0 saturated carbocycles. The first kappa shape index (κ1) is 16.3. The van der Waals surface area contributed by atoms with Crippen molar-refractivity contribution in [2.45, 2.75) is 12.8 Å². The SMILES string of the molecule is O=C(CCc1ccccc1)Nc1nc(-c2ccc3[nH]c(=O)oc3c2)cs1. The number of aryl methyl sites for hydroxylation is 1.